The zero-order valence-electron chi connectivity index (χ0n) is 13.8. The number of nitrogens with zero attached hydrogens (tertiary/aromatic N) is 1. The summed E-state index contributed by atoms with van der Waals surface area (Å²) in [6.07, 6.45) is 6.83. The fraction of sp³-hybridized carbons (Fsp3) is 0.286. The van der Waals surface area contributed by atoms with Crippen molar-refractivity contribution in [2.75, 3.05) is 0 Å². The lowest BCUT2D eigenvalue weighted by Crippen LogP contribution is -2.28. The van der Waals surface area contributed by atoms with E-state index in [-0.39, 0.29) is 5.91 Å². The van der Waals surface area contributed by atoms with Crippen LogP contribution in [0.4, 0.5) is 0 Å². The van der Waals surface area contributed by atoms with Crippen LogP contribution in [0.2, 0.25) is 5.02 Å². The van der Waals surface area contributed by atoms with Crippen LogP contribution in [0.1, 0.15) is 53.5 Å². The summed E-state index contributed by atoms with van der Waals surface area (Å²) in [5, 5.41) is 0.719. The van der Waals surface area contributed by atoms with Gasteiger partial charge in [-0.3, -0.25) is 4.79 Å². The Labute approximate surface area is 147 Å². The van der Waals surface area contributed by atoms with Crippen LogP contribution in [0.25, 0.3) is 12.2 Å². The van der Waals surface area contributed by atoms with Gasteiger partial charge in [-0.05, 0) is 58.7 Å². The van der Waals surface area contributed by atoms with Gasteiger partial charge in [-0.1, -0.05) is 48.0 Å². The zero-order valence-corrected chi connectivity index (χ0v) is 14.5. The molecule has 2 aromatic rings. The van der Waals surface area contributed by atoms with Gasteiger partial charge in [0, 0.05) is 25.0 Å². The highest BCUT2D eigenvalue weighted by atomic mass is 35.5. The molecule has 122 valence electrons. The number of halogens is 1. The molecule has 2 aliphatic rings. The van der Waals surface area contributed by atoms with E-state index in [0.29, 0.717) is 19.0 Å². The molecule has 1 aliphatic heterocycles. The summed E-state index contributed by atoms with van der Waals surface area (Å²) in [5.74, 6) is 0.814. The van der Waals surface area contributed by atoms with Crippen molar-refractivity contribution < 1.29 is 4.79 Å². The predicted molar refractivity (Wildman–Crippen MR) is 98.7 cm³/mol. The van der Waals surface area contributed by atoms with Gasteiger partial charge in [-0.25, -0.2) is 0 Å². The molecule has 2 aromatic carbocycles. The third kappa shape index (κ3) is 3.11. The number of rotatable bonds is 1. The molecule has 1 heterocycles. The van der Waals surface area contributed by atoms with Gasteiger partial charge in [-0.15, -0.1) is 0 Å². The van der Waals surface area contributed by atoms with E-state index in [1.807, 2.05) is 23.1 Å². The molecule has 0 atom stereocenters. The van der Waals surface area contributed by atoms with Gasteiger partial charge < -0.3 is 4.90 Å². The maximum Gasteiger partial charge on any atom is 0.220 e. The Hall–Kier alpha value is -2.06. The molecule has 2 nitrogen and oxygen atoms in total. The maximum absolute atomic E-state index is 12.2. The molecular formula is C21H20ClNO. The van der Waals surface area contributed by atoms with Crippen LogP contribution >= 0.6 is 11.6 Å². The normalized spacial score (nSPS) is 18.0. The lowest BCUT2D eigenvalue weighted by atomic mass is 10.00. The summed E-state index contributed by atoms with van der Waals surface area (Å²) in [7, 11) is 0. The molecular weight excluding hydrogens is 318 g/mol. The topological polar surface area (TPSA) is 20.3 Å². The molecule has 0 saturated heterocycles. The summed E-state index contributed by atoms with van der Waals surface area (Å²) >= 11 is 6.16. The Morgan fingerprint density at radius 1 is 1.00 bits per heavy atom. The van der Waals surface area contributed by atoms with E-state index in [1.165, 1.54) is 29.5 Å². The van der Waals surface area contributed by atoms with Crippen molar-refractivity contribution in [1.82, 2.24) is 4.90 Å². The molecule has 0 spiro atoms. The van der Waals surface area contributed by atoms with Crippen LogP contribution in [0.15, 0.2) is 36.4 Å². The third-order valence-electron chi connectivity index (χ3n) is 4.93. The van der Waals surface area contributed by atoms with Crippen LogP contribution < -0.4 is 0 Å². The van der Waals surface area contributed by atoms with E-state index in [0.717, 1.165) is 16.1 Å². The first-order valence-corrected chi connectivity index (χ1v) is 8.83. The van der Waals surface area contributed by atoms with Crippen LogP contribution in [0.3, 0.4) is 0 Å². The molecule has 0 N–H and O–H groups in total. The van der Waals surface area contributed by atoms with E-state index in [2.05, 4.69) is 30.4 Å². The molecule has 1 fully saturated rings. The monoisotopic (exact) mass is 337 g/mol. The molecule has 3 heteroatoms. The summed E-state index contributed by atoms with van der Waals surface area (Å²) < 4.78 is 0. The molecule has 0 unspecified atom stereocenters. The summed E-state index contributed by atoms with van der Waals surface area (Å²) in [6.45, 7) is 2.90. The second-order valence-electron chi connectivity index (χ2n) is 6.78. The summed E-state index contributed by atoms with van der Waals surface area (Å²) in [4.78, 5) is 14.1. The number of amides is 1. The average molecular weight is 338 g/mol. The first kappa shape index (κ1) is 15.5. The Bertz CT molecular complexity index is 836. The minimum Gasteiger partial charge on any atom is -0.334 e. The highest BCUT2D eigenvalue weighted by molar-refractivity contribution is 6.30. The van der Waals surface area contributed by atoms with Gasteiger partial charge in [0.1, 0.15) is 0 Å². The first-order chi connectivity index (χ1) is 11.6. The largest absolute Gasteiger partial charge is 0.334 e. The number of hydrogen-bond acceptors (Lipinski definition) is 1. The zero-order chi connectivity index (χ0) is 16.7. The van der Waals surface area contributed by atoms with Gasteiger partial charge in [0.05, 0.1) is 0 Å². The second kappa shape index (κ2) is 6.10. The molecule has 4 rings (SSSR count). The number of fused-ring (bicyclic) bond motifs is 2. The van der Waals surface area contributed by atoms with Crippen LogP contribution in [-0.2, 0) is 17.9 Å². The Balaban J connectivity index is 1.81. The number of benzene rings is 2. The molecule has 1 aliphatic carbocycles. The standard InChI is InChI=1S/C21H20ClNO/c1-14(24)23-12-19-8-9-21(22)11-18(19)7-5-16-4-6-17(15-2-3-15)10-20(16)13-23/h4-11,15H,2-3,12-13H2,1H3/b7-5-. The van der Waals surface area contributed by atoms with Crippen LogP contribution in [0, 0.1) is 0 Å². The quantitative estimate of drug-likeness (QED) is 0.696. The fourth-order valence-electron chi connectivity index (χ4n) is 3.33. The average Bonchev–Trinajstić information content (AvgIpc) is 3.38. The van der Waals surface area contributed by atoms with Gasteiger partial charge in [0.15, 0.2) is 0 Å². The van der Waals surface area contributed by atoms with E-state index < -0.39 is 0 Å². The van der Waals surface area contributed by atoms with E-state index in [4.69, 9.17) is 11.6 Å². The SMILES string of the molecule is CC(=O)N1Cc2ccc(Cl)cc2/C=C\c2ccc(C3CC3)cc2C1. The van der Waals surface area contributed by atoms with Gasteiger partial charge in [0.25, 0.3) is 0 Å². The smallest absolute Gasteiger partial charge is 0.220 e. The van der Waals surface area contributed by atoms with Gasteiger partial charge in [-0.2, -0.15) is 0 Å². The number of carbonyl (C=O) groups is 1. The maximum atomic E-state index is 12.2. The Morgan fingerprint density at radius 3 is 2.50 bits per heavy atom. The minimum absolute atomic E-state index is 0.0978. The van der Waals surface area contributed by atoms with E-state index in [1.54, 1.807) is 6.92 Å². The van der Waals surface area contributed by atoms with Gasteiger partial charge in [0.2, 0.25) is 5.91 Å². The van der Waals surface area contributed by atoms with Crippen molar-refractivity contribution in [1.29, 1.82) is 0 Å². The highest BCUT2D eigenvalue weighted by Gasteiger charge is 2.24. The van der Waals surface area contributed by atoms with Crippen molar-refractivity contribution in [2.24, 2.45) is 0 Å². The Morgan fingerprint density at radius 2 is 1.75 bits per heavy atom. The molecule has 0 radical (unpaired) electrons. The molecule has 24 heavy (non-hydrogen) atoms. The van der Waals surface area contributed by atoms with Crippen molar-refractivity contribution in [3.8, 4) is 0 Å². The van der Waals surface area contributed by atoms with Gasteiger partial charge >= 0.3 is 0 Å². The second-order valence-corrected chi connectivity index (χ2v) is 7.22. The van der Waals surface area contributed by atoms with Crippen molar-refractivity contribution in [3.63, 3.8) is 0 Å². The minimum atomic E-state index is 0.0978. The first-order valence-electron chi connectivity index (χ1n) is 8.45. The predicted octanol–water partition coefficient (Wildman–Crippen LogP) is 5.25. The van der Waals surface area contributed by atoms with E-state index in [9.17, 15) is 4.79 Å². The number of carbonyl (C=O) groups excluding carboxylic acids is 1. The van der Waals surface area contributed by atoms with Crippen molar-refractivity contribution in [3.05, 3.63) is 69.2 Å². The summed E-state index contributed by atoms with van der Waals surface area (Å²) in [6, 6.07) is 12.6. The molecule has 0 bridgehead atoms. The van der Waals surface area contributed by atoms with Crippen molar-refractivity contribution in [2.45, 2.75) is 38.8 Å². The van der Waals surface area contributed by atoms with Crippen LogP contribution in [0.5, 0.6) is 0 Å². The van der Waals surface area contributed by atoms with Crippen molar-refractivity contribution >= 4 is 29.7 Å². The lowest BCUT2D eigenvalue weighted by Gasteiger charge is -2.23. The molecule has 1 amide bonds. The Kier molecular flexibility index (Phi) is 3.93. The van der Waals surface area contributed by atoms with Crippen LogP contribution in [-0.4, -0.2) is 10.8 Å². The fourth-order valence-corrected chi connectivity index (χ4v) is 3.51. The lowest BCUT2D eigenvalue weighted by molar-refractivity contribution is -0.130. The third-order valence-corrected chi connectivity index (χ3v) is 5.17. The number of hydrogen-bond donors (Lipinski definition) is 0. The van der Waals surface area contributed by atoms with E-state index >= 15 is 0 Å². The highest BCUT2D eigenvalue weighted by Crippen LogP contribution is 2.41. The summed E-state index contributed by atoms with van der Waals surface area (Å²) in [5.41, 5.74) is 6.02. The molecule has 0 aromatic heterocycles. The molecule has 1 saturated carbocycles.